The van der Waals surface area contributed by atoms with E-state index >= 15 is 0 Å². The van der Waals surface area contributed by atoms with E-state index in [0.29, 0.717) is 25.2 Å². The van der Waals surface area contributed by atoms with Crippen LogP contribution in [0.15, 0.2) is 0 Å². The van der Waals surface area contributed by atoms with Gasteiger partial charge in [-0.05, 0) is 32.2 Å². The quantitative estimate of drug-likeness (QED) is 0.819. The van der Waals surface area contributed by atoms with E-state index in [1.807, 2.05) is 11.9 Å². The summed E-state index contributed by atoms with van der Waals surface area (Å²) in [5.74, 6) is 0.280. The molecule has 1 heterocycles. The lowest BCUT2D eigenvalue weighted by Crippen LogP contribution is -2.46. The van der Waals surface area contributed by atoms with Crippen molar-refractivity contribution in [2.45, 2.75) is 57.0 Å². The van der Waals surface area contributed by atoms with Crippen LogP contribution in [0.1, 0.15) is 44.9 Å². The molecule has 1 saturated carbocycles. The predicted molar refractivity (Wildman–Crippen MR) is 73.3 cm³/mol. The summed E-state index contributed by atoms with van der Waals surface area (Å²) in [5.41, 5.74) is 5.75. The summed E-state index contributed by atoms with van der Waals surface area (Å²) < 4.78 is 0. The fourth-order valence-electron chi connectivity index (χ4n) is 3.33. The van der Waals surface area contributed by atoms with E-state index < -0.39 is 0 Å². The number of rotatable bonds is 4. The van der Waals surface area contributed by atoms with Crippen molar-refractivity contribution in [3.63, 3.8) is 0 Å². The van der Waals surface area contributed by atoms with Crippen molar-refractivity contribution in [1.82, 2.24) is 9.80 Å². The molecule has 2 rings (SSSR count). The molecule has 1 unspecified atom stereocenters. The molecule has 1 aliphatic heterocycles. The highest BCUT2D eigenvalue weighted by Crippen LogP contribution is 2.22. The molecule has 104 valence electrons. The van der Waals surface area contributed by atoms with E-state index in [0.717, 1.165) is 13.0 Å². The van der Waals surface area contributed by atoms with Crippen LogP contribution in [0.5, 0.6) is 0 Å². The van der Waals surface area contributed by atoms with Gasteiger partial charge < -0.3 is 10.6 Å². The number of nitrogens with two attached hydrogens (primary N) is 1. The summed E-state index contributed by atoms with van der Waals surface area (Å²) >= 11 is 0. The van der Waals surface area contributed by atoms with E-state index in [2.05, 4.69) is 4.90 Å². The number of nitrogens with zero attached hydrogens (tertiary/aromatic N) is 2. The number of likely N-dealkylation sites (tertiary alicyclic amines) is 1. The smallest absolute Gasteiger partial charge is 0.236 e. The van der Waals surface area contributed by atoms with Gasteiger partial charge in [0, 0.05) is 25.7 Å². The number of carbonyl (C=O) groups excluding carboxylic acids is 1. The first kappa shape index (κ1) is 13.8. The van der Waals surface area contributed by atoms with Crippen molar-refractivity contribution in [3.8, 4) is 0 Å². The fourth-order valence-corrected chi connectivity index (χ4v) is 3.33. The van der Waals surface area contributed by atoms with Crippen molar-refractivity contribution in [2.75, 3.05) is 26.7 Å². The Balaban J connectivity index is 1.82. The molecule has 0 aromatic heterocycles. The number of hydrogen-bond acceptors (Lipinski definition) is 3. The van der Waals surface area contributed by atoms with Crippen molar-refractivity contribution in [2.24, 2.45) is 5.73 Å². The number of carbonyl (C=O) groups is 1. The minimum Gasteiger partial charge on any atom is -0.342 e. The molecule has 2 N–H and O–H groups in total. The summed E-state index contributed by atoms with van der Waals surface area (Å²) in [6, 6.07) is 0.902. The van der Waals surface area contributed by atoms with Gasteiger partial charge in [-0.2, -0.15) is 0 Å². The van der Waals surface area contributed by atoms with E-state index in [-0.39, 0.29) is 5.91 Å². The third-order valence-electron chi connectivity index (χ3n) is 4.63. The largest absolute Gasteiger partial charge is 0.342 e. The van der Waals surface area contributed by atoms with Crippen LogP contribution >= 0.6 is 0 Å². The molecule has 4 heteroatoms. The minimum absolute atomic E-state index is 0.280. The van der Waals surface area contributed by atoms with Gasteiger partial charge in [-0.1, -0.05) is 19.3 Å². The van der Waals surface area contributed by atoms with Gasteiger partial charge in [-0.15, -0.1) is 0 Å². The van der Waals surface area contributed by atoms with Gasteiger partial charge in [0.1, 0.15) is 0 Å². The van der Waals surface area contributed by atoms with Gasteiger partial charge in [0.2, 0.25) is 5.91 Å². The molecular weight excluding hydrogens is 226 g/mol. The van der Waals surface area contributed by atoms with Crippen LogP contribution in [0.2, 0.25) is 0 Å². The monoisotopic (exact) mass is 253 g/mol. The van der Waals surface area contributed by atoms with Crippen LogP contribution in [0.4, 0.5) is 0 Å². The van der Waals surface area contributed by atoms with Gasteiger partial charge in [-0.25, -0.2) is 0 Å². The van der Waals surface area contributed by atoms with Gasteiger partial charge >= 0.3 is 0 Å². The molecule has 0 bridgehead atoms. The number of hydrogen-bond donors (Lipinski definition) is 1. The van der Waals surface area contributed by atoms with E-state index in [4.69, 9.17) is 5.73 Å². The second-order valence-electron chi connectivity index (χ2n) is 5.80. The molecule has 0 spiro atoms. The van der Waals surface area contributed by atoms with Crippen LogP contribution in [0, 0.1) is 0 Å². The Morgan fingerprint density at radius 3 is 2.61 bits per heavy atom. The average Bonchev–Trinajstić information content (AvgIpc) is 2.86. The molecule has 1 amide bonds. The Hall–Kier alpha value is -0.610. The zero-order valence-electron chi connectivity index (χ0n) is 11.6. The van der Waals surface area contributed by atoms with Crippen molar-refractivity contribution >= 4 is 5.91 Å². The third kappa shape index (κ3) is 3.23. The Labute approximate surface area is 110 Å². The molecule has 4 nitrogen and oxygen atoms in total. The standard InChI is InChI=1S/C14H27N3O/c1-16(12-6-3-2-4-7-12)14(18)11-17-9-5-8-13(17)10-15/h12-13H,2-11,15H2,1H3. The minimum atomic E-state index is 0.280. The van der Waals surface area contributed by atoms with Gasteiger partial charge in [0.05, 0.1) is 6.54 Å². The highest BCUT2D eigenvalue weighted by molar-refractivity contribution is 5.78. The normalized spacial score (nSPS) is 26.4. The van der Waals surface area contributed by atoms with Crippen LogP contribution in [0.3, 0.4) is 0 Å². The Bertz CT molecular complexity index is 276. The SMILES string of the molecule is CN(C(=O)CN1CCCC1CN)C1CCCCC1. The van der Waals surface area contributed by atoms with Crippen molar-refractivity contribution in [3.05, 3.63) is 0 Å². The first-order valence-corrected chi connectivity index (χ1v) is 7.42. The summed E-state index contributed by atoms with van der Waals surface area (Å²) in [6.45, 7) is 2.28. The summed E-state index contributed by atoms with van der Waals surface area (Å²) in [7, 11) is 1.98. The predicted octanol–water partition coefficient (Wildman–Crippen LogP) is 1.20. The molecule has 0 radical (unpaired) electrons. The topological polar surface area (TPSA) is 49.6 Å². The molecule has 18 heavy (non-hydrogen) atoms. The Kier molecular flexibility index (Phi) is 5.01. The first-order valence-electron chi connectivity index (χ1n) is 7.42. The van der Waals surface area contributed by atoms with Gasteiger partial charge in [-0.3, -0.25) is 9.69 Å². The molecule has 1 aliphatic carbocycles. The van der Waals surface area contributed by atoms with Crippen LogP contribution in [-0.2, 0) is 4.79 Å². The Morgan fingerprint density at radius 1 is 1.22 bits per heavy atom. The summed E-state index contributed by atoms with van der Waals surface area (Å²) in [6.07, 6.45) is 8.58. The number of amides is 1. The second-order valence-corrected chi connectivity index (χ2v) is 5.80. The summed E-state index contributed by atoms with van der Waals surface area (Å²) in [4.78, 5) is 16.6. The fraction of sp³-hybridized carbons (Fsp3) is 0.929. The third-order valence-corrected chi connectivity index (χ3v) is 4.63. The van der Waals surface area contributed by atoms with Gasteiger partial charge in [0.15, 0.2) is 0 Å². The maximum absolute atomic E-state index is 12.3. The zero-order valence-corrected chi connectivity index (χ0v) is 11.6. The molecule has 2 aliphatic rings. The van der Waals surface area contributed by atoms with Crippen molar-refractivity contribution < 1.29 is 4.79 Å². The highest BCUT2D eigenvalue weighted by Gasteiger charge is 2.28. The molecule has 2 fully saturated rings. The lowest BCUT2D eigenvalue weighted by Gasteiger charge is -2.33. The molecule has 0 aromatic carbocycles. The van der Waals surface area contributed by atoms with Gasteiger partial charge in [0.25, 0.3) is 0 Å². The number of likely N-dealkylation sites (N-methyl/N-ethyl adjacent to an activating group) is 1. The lowest BCUT2D eigenvalue weighted by molar-refractivity contribution is -0.134. The van der Waals surface area contributed by atoms with Crippen molar-refractivity contribution in [1.29, 1.82) is 0 Å². The second kappa shape index (κ2) is 6.53. The molecule has 0 aromatic rings. The molecule has 1 atom stereocenters. The van der Waals surface area contributed by atoms with E-state index in [1.165, 1.54) is 38.5 Å². The van der Waals surface area contributed by atoms with E-state index in [9.17, 15) is 4.79 Å². The van der Waals surface area contributed by atoms with E-state index in [1.54, 1.807) is 0 Å². The first-order chi connectivity index (χ1) is 8.72. The van der Waals surface area contributed by atoms with Crippen LogP contribution in [-0.4, -0.2) is 54.5 Å². The Morgan fingerprint density at radius 2 is 1.94 bits per heavy atom. The average molecular weight is 253 g/mol. The lowest BCUT2D eigenvalue weighted by atomic mass is 9.94. The van der Waals surface area contributed by atoms with Crippen LogP contribution in [0.25, 0.3) is 0 Å². The highest BCUT2D eigenvalue weighted by atomic mass is 16.2. The van der Waals surface area contributed by atoms with Crippen LogP contribution < -0.4 is 5.73 Å². The maximum atomic E-state index is 12.3. The summed E-state index contributed by atoms with van der Waals surface area (Å²) in [5, 5.41) is 0. The molecular formula is C14H27N3O. The maximum Gasteiger partial charge on any atom is 0.236 e. The molecule has 1 saturated heterocycles. The zero-order chi connectivity index (χ0) is 13.0.